The standard InChI is InChI=1S/C18H15ClN2O4/c1-11-13(8-12-6-7-16(23)17(9-12)25-10-22)18(24)21(20-11)15-5-3-2-4-14(15)19/h2-9,22-23H,10H2,1H3/b13-8+. The lowest BCUT2D eigenvalue weighted by Gasteiger charge is -2.13. The van der Waals surface area contributed by atoms with Crippen molar-refractivity contribution in [1.29, 1.82) is 0 Å². The third-order valence-electron chi connectivity index (χ3n) is 3.66. The summed E-state index contributed by atoms with van der Waals surface area (Å²) in [6.45, 7) is 1.17. The molecule has 6 nitrogen and oxygen atoms in total. The normalized spacial score (nSPS) is 15.6. The zero-order valence-corrected chi connectivity index (χ0v) is 14.1. The minimum Gasteiger partial charge on any atom is -0.504 e. The molecule has 2 aromatic rings. The fraction of sp³-hybridized carbons (Fsp3) is 0.111. The fourth-order valence-electron chi connectivity index (χ4n) is 2.44. The van der Waals surface area contributed by atoms with Gasteiger partial charge in [-0.2, -0.15) is 10.1 Å². The van der Waals surface area contributed by atoms with Crippen molar-refractivity contribution in [1.82, 2.24) is 0 Å². The smallest absolute Gasteiger partial charge is 0.280 e. The highest BCUT2D eigenvalue weighted by Crippen LogP contribution is 2.32. The molecule has 0 aliphatic carbocycles. The van der Waals surface area contributed by atoms with E-state index in [1.807, 2.05) is 0 Å². The van der Waals surface area contributed by atoms with Gasteiger partial charge in [-0.05, 0) is 42.8 Å². The summed E-state index contributed by atoms with van der Waals surface area (Å²) in [5.74, 6) is -0.278. The molecule has 128 valence electrons. The zero-order chi connectivity index (χ0) is 18.0. The minimum atomic E-state index is -0.562. The van der Waals surface area contributed by atoms with E-state index in [2.05, 4.69) is 5.10 Å². The quantitative estimate of drug-likeness (QED) is 0.649. The number of hydrazone groups is 1. The Morgan fingerprint density at radius 1 is 1.28 bits per heavy atom. The van der Waals surface area contributed by atoms with Crippen LogP contribution in [0.25, 0.3) is 6.08 Å². The van der Waals surface area contributed by atoms with Gasteiger partial charge in [0.15, 0.2) is 18.3 Å². The summed E-state index contributed by atoms with van der Waals surface area (Å²) >= 11 is 6.15. The number of carbonyl (C=O) groups is 1. The lowest BCUT2D eigenvalue weighted by Crippen LogP contribution is -2.21. The maximum atomic E-state index is 12.7. The maximum absolute atomic E-state index is 12.7. The van der Waals surface area contributed by atoms with Crippen LogP contribution in [0.5, 0.6) is 11.5 Å². The van der Waals surface area contributed by atoms with Crippen LogP contribution in [0.3, 0.4) is 0 Å². The van der Waals surface area contributed by atoms with Crippen LogP contribution in [0.2, 0.25) is 5.02 Å². The molecule has 1 aliphatic heterocycles. The van der Waals surface area contributed by atoms with E-state index in [0.717, 1.165) is 0 Å². The number of amides is 1. The van der Waals surface area contributed by atoms with Gasteiger partial charge in [0.2, 0.25) is 0 Å². The molecule has 1 aliphatic rings. The first kappa shape index (κ1) is 17.0. The predicted octanol–water partition coefficient (Wildman–Crippen LogP) is 3.18. The molecule has 0 fully saturated rings. The van der Waals surface area contributed by atoms with Crippen molar-refractivity contribution in [3.05, 3.63) is 58.6 Å². The van der Waals surface area contributed by atoms with Gasteiger partial charge in [0.05, 0.1) is 22.0 Å². The first-order chi connectivity index (χ1) is 12.0. The molecule has 7 heteroatoms. The Balaban J connectivity index is 1.95. The maximum Gasteiger partial charge on any atom is 0.280 e. The van der Waals surface area contributed by atoms with Gasteiger partial charge in [-0.1, -0.05) is 29.8 Å². The molecule has 0 unspecified atom stereocenters. The lowest BCUT2D eigenvalue weighted by molar-refractivity contribution is -0.114. The summed E-state index contributed by atoms with van der Waals surface area (Å²) in [6, 6.07) is 11.5. The van der Waals surface area contributed by atoms with Crippen molar-refractivity contribution in [2.45, 2.75) is 6.92 Å². The molecule has 0 saturated carbocycles. The Morgan fingerprint density at radius 3 is 2.76 bits per heavy atom. The van der Waals surface area contributed by atoms with Gasteiger partial charge in [-0.25, -0.2) is 0 Å². The first-order valence-electron chi connectivity index (χ1n) is 7.44. The number of anilines is 1. The summed E-state index contributed by atoms with van der Waals surface area (Å²) in [6.07, 6.45) is 1.64. The van der Waals surface area contributed by atoms with E-state index in [4.69, 9.17) is 21.4 Å². The monoisotopic (exact) mass is 358 g/mol. The highest BCUT2D eigenvalue weighted by Gasteiger charge is 2.29. The van der Waals surface area contributed by atoms with E-state index in [-0.39, 0.29) is 17.4 Å². The van der Waals surface area contributed by atoms with Gasteiger partial charge in [0.1, 0.15) is 0 Å². The molecule has 0 atom stereocenters. The summed E-state index contributed by atoms with van der Waals surface area (Å²) in [5.41, 5.74) is 2.08. The Kier molecular flexibility index (Phi) is 4.74. The average Bonchev–Trinajstić information content (AvgIpc) is 2.86. The topological polar surface area (TPSA) is 82.4 Å². The number of para-hydroxylation sites is 1. The van der Waals surface area contributed by atoms with Crippen molar-refractivity contribution in [2.75, 3.05) is 11.8 Å². The molecule has 0 spiro atoms. The number of ether oxygens (including phenoxy) is 1. The Labute approximate surface area is 149 Å². The molecule has 0 bridgehead atoms. The molecule has 1 amide bonds. The highest BCUT2D eigenvalue weighted by molar-refractivity contribution is 6.37. The number of benzene rings is 2. The Morgan fingerprint density at radius 2 is 2.04 bits per heavy atom. The largest absolute Gasteiger partial charge is 0.504 e. The number of aliphatic hydroxyl groups excluding tert-OH is 1. The molecule has 0 saturated heterocycles. The van der Waals surface area contributed by atoms with Gasteiger partial charge in [-0.3, -0.25) is 4.79 Å². The van der Waals surface area contributed by atoms with Crippen LogP contribution < -0.4 is 9.75 Å². The van der Waals surface area contributed by atoms with Gasteiger partial charge >= 0.3 is 0 Å². The average molecular weight is 359 g/mol. The number of hydrogen-bond donors (Lipinski definition) is 2. The molecule has 25 heavy (non-hydrogen) atoms. The Hall–Kier alpha value is -2.83. The van der Waals surface area contributed by atoms with E-state index in [0.29, 0.717) is 27.6 Å². The van der Waals surface area contributed by atoms with Crippen LogP contribution in [-0.2, 0) is 4.79 Å². The second-order valence-electron chi connectivity index (χ2n) is 5.31. The van der Waals surface area contributed by atoms with Crippen LogP contribution in [0.15, 0.2) is 53.1 Å². The number of aromatic hydroxyl groups is 1. The SMILES string of the molecule is CC1=NN(c2ccccc2Cl)C(=O)/C1=C/c1ccc(O)c(OCO)c1. The van der Waals surface area contributed by atoms with Crippen molar-refractivity contribution < 1.29 is 19.7 Å². The van der Waals surface area contributed by atoms with E-state index < -0.39 is 6.79 Å². The van der Waals surface area contributed by atoms with Gasteiger partial charge in [0.25, 0.3) is 5.91 Å². The fourth-order valence-corrected chi connectivity index (χ4v) is 2.66. The minimum absolute atomic E-state index is 0.1000. The zero-order valence-electron chi connectivity index (χ0n) is 13.3. The number of carbonyl (C=O) groups excluding carboxylic acids is 1. The van der Waals surface area contributed by atoms with Crippen LogP contribution in [-0.4, -0.2) is 28.6 Å². The molecular weight excluding hydrogens is 344 g/mol. The number of aliphatic hydroxyl groups is 1. The number of halogens is 1. The second-order valence-corrected chi connectivity index (χ2v) is 5.72. The molecular formula is C18H15ClN2O4. The Bertz CT molecular complexity index is 892. The van der Waals surface area contributed by atoms with Gasteiger partial charge in [0, 0.05) is 0 Å². The van der Waals surface area contributed by atoms with Crippen molar-refractivity contribution in [3.63, 3.8) is 0 Å². The van der Waals surface area contributed by atoms with Gasteiger partial charge < -0.3 is 14.9 Å². The third kappa shape index (κ3) is 3.35. The molecule has 1 heterocycles. The van der Waals surface area contributed by atoms with Crippen molar-refractivity contribution in [3.8, 4) is 11.5 Å². The van der Waals surface area contributed by atoms with E-state index >= 15 is 0 Å². The van der Waals surface area contributed by atoms with E-state index in [9.17, 15) is 9.90 Å². The van der Waals surface area contributed by atoms with Crippen molar-refractivity contribution >= 4 is 35.0 Å². The number of nitrogens with zero attached hydrogens (tertiary/aromatic N) is 2. The van der Waals surface area contributed by atoms with Crippen LogP contribution >= 0.6 is 11.6 Å². The van der Waals surface area contributed by atoms with Crippen LogP contribution in [0.4, 0.5) is 5.69 Å². The van der Waals surface area contributed by atoms with Crippen molar-refractivity contribution in [2.24, 2.45) is 5.10 Å². The number of phenolic OH excluding ortho intramolecular Hbond substituents is 1. The summed E-state index contributed by atoms with van der Waals surface area (Å²) in [4.78, 5) is 12.7. The van der Waals surface area contributed by atoms with Gasteiger partial charge in [-0.15, -0.1) is 0 Å². The summed E-state index contributed by atoms with van der Waals surface area (Å²) < 4.78 is 4.93. The molecule has 0 radical (unpaired) electrons. The number of rotatable bonds is 4. The summed E-state index contributed by atoms with van der Waals surface area (Å²) in [7, 11) is 0. The van der Waals surface area contributed by atoms with Crippen LogP contribution in [0.1, 0.15) is 12.5 Å². The number of phenols is 1. The van der Waals surface area contributed by atoms with E-state index in [1.165, 1.54) is 17.1 Å². The third-order valence-corrected chi connectivity index (χ3v) is 3.98. The first-order valence-corrected chi connectivity index (χ1v) is 7.82. The molecule has 3 rings (SSSR count). The predicted molar refractivity (Wildman–Crippen MR) is 95.8 cm³/mol. The lowest BCUT2D eigenvalue weighted by atomic mass is 10.1. The number of hydrogen-bond acceptors (Lipinski definition) is 5. The second kappa shape index (κ2) is 6.96. The molecule has 0 aromatic heterocycles. The van der Waals surface area contributed by atoms with Crippen LogP contribution in [0, 0.1) is 0 Å². The molecule has 2 N–H and O–H groups in total. The van der Waals surface area contributed by atoms with E-state index in [1.54, 1.807) is 43.3 Å². The molecule has 2 aromatic carbocycles. The summed E-state index contributed by atoms with van der Waals surface area (Å²) in [5, 5.41) is 24.5. The highest BCUT2D eigenvalue weighted by atomic mass is 35.5.